The Kier molecular flexibility index (Phi) is 8.23. The van der Waals surface area contributed by atoms with Crippen LogP contribution < -0.4 is 14.8 Å². The second-order valence-electron chi connectivity index (χ2n) is 7.54. The van der Waals surface area contributed by atoms with Crippen molar-refractivity contribution in [1.82, 2.24) is 10.2 Å². The van der Waals surface area contributed by atoms with Gasteiger partial charge in [-0.1, -0.05) is 26.8 Å². The Labute approximate surface area is 158 Å². The monoisotopic (exact) mass is 362 g/mol. The lowest BCUT2D eigenvalue weighted by Crippen LogP contribution is -2.41. The Balaban J connectivity index is 1.73. The maximum absolute atomic E-state index is 12.4. The number of rotatable bonds is 9. The molecule has 1 N–H and O–H groups in total. The highest BCUT2D eigenvalue weighted by Gasteiger charge is 2.22. The molecule has 1 saturated heterocycles. The Morgan fingerprint density at radius 3 is 2.62 bits per heavy atom. The standard InChI is InChI=1S/C21H34N2O3/c1-5-20(26-19-9-6-8-18(13-19)25-4)21(24)22-10-7-11-23-14-16(2)12-17(3)15-23/h6,8-9,13,16-17,20H,5,7,10-12,14-15H2,1-4H3,(H,22,24)/t16-,17+,20-/m0/s1. The lowest BCUT2D eigenvalue weighted by atomic mass is 9.92. The van der Waals surface area contributed by atoms with E-state index in [0.29, 0.717) is 18.7 Å². The second-order valence-corrected chi connectivity index (χ2v) is 7.54. The Morgan fingerprint density at radius 2 is 1.96 bits per heavy atom. The predicted molar refractivity (Wildman–Crippen MR) is 105 cm³/mol. The number of likely N-dealkylation sites (tertiary alicyclic amines) is 1. The number of nitrogens with one attached hydrogen (secondary N) is 1. The van der Waals surface area contributed by atoms with Crippen LogP contribution in [0.5, 0.6) is 11.5 Å². The normalized spacial score (nSPS) is 21.8. The number of ether oxygens (including phenoxy) is 2. The highest BCUT2D eigenvalue weighted by atomic mass is 16.5. The first kappa shape index (κ1) is 20.6. The number of piperidine rings is 1. The van der Waals surface area contributed by atoms with Crippen molar-refractivity contribution in [2.75, 3.05) is 33.3 Å². The van der Waals surface area contributed by atoms with Gasteiger partial charge in [0, 0.05) is 25.7 Å². The van der Waals surface area contributed by atoms with E-state index >= 15 is 0 Å². The third kappa shape index (κ3) is 6.52. The van der Waals surface area contributed by atoms with E-state index in [-0.39, 0.29) is 5.91 Å². The molecule has 1 fully saturated rings. The average molecular weight is 363 g/mol. The largest absolute Gasteiger partial charge is 0.497 e. The predicted octanol–water partition coefficient (Wildman–Crippen LogP) is 3.34. The minimum absolute atomic E-state index is 0.0456. The number of nitrogens with zero attached hydrogens (tertiary/aromatic N) is 1. The third-order valence-corrected chi connectivity index (χ3v) is 4.88. The maximum atomic E-state index is 12.4. The molecule has 5 heteroatoms. The summed E-state index contributed by atoms with van der Waals surface area (Å²) < 4.78 is 11.0. The van der Waals surface area contributed by atoms with Gasteiger partial charge in [-0.3, -0.25) is 4.79 Å². The van der Waals surface area contributed by atoms with E-state index < -0.39 is 6.10 Å². The fourth-order valence-electron chi connectivity index (χ4n) is 3.76. The van der Waals surface area contributed by atoms with Crippen molar-refractivity contribution in [1.29, 1.82) is 0 Å². The molecule has 0 aromatic heterocycles. The Morgan fingerprint density at radius 1 is 1.27 bits per heavy atom. The minimum atomic E-state index is -0.475. The van der Waals surface area contributed by atoms with Gasteiger partial charge in [-0.25, -0.2) is 0 Å². The van der Waals surface area contributed by atoms with E-state index in [1.54, 1.807) is 13.2 Å². The van der Waals surface area contributed by atoms with Gasteiger partial charge in [0.2, 0.25) is 0 Å². The van der Waals surface area contributed by atoms with Gasteiger partial charge in [0.25, 0.3) is 5.91 Å². The van der Waals surface area contributed by atoms with Gasteiger partial charge in [0.1, 0.15) is 11.5 Å². The molecular weight excluding hydrogens is 328 g/mol. The van der Waals surface area contributed by atoms with Crippen molar-refractivity contribution in [2.24, 2.45) is 11.8 Å². The summed E-state index contributed by atoms with van der Waals surface area (Å²) in [4.78, 5) is 14.9. The molecule has 0 unspecified atom stereocenters. The molecule has 0 saturated carbocycles. The molecule has 0 bridgehead atoms. The first-order valence-corrected chi connectivity index (χ1v) is 9.82. The molecule has 1 heterocycles. The quantitative estimate of drug-likeness (QED) is 0.685. The first-order chi connectivity index (χ1) is 12.5. The van der Waals surface area contributed by atoms with Crippen LogP contribution in [0.1, 0.15) is 40.0 Å². The Hall–Kier alpha value is -1.75. The summed E-state index contributed by atoms with van der Waals surface area (Å²) in [6.45, 7) is 10.7. The minimum Gasteiger partial charge on any atom is -0.497 e. The number of carbonyl (C=O) groups excluding carboxylic acids is 1. The summed E-state index contributed by atoms with van der Waals surface area (Å²) in [5, 5.41) is 3.02. The van der Waals surface area contributed by atoms with Crippen molar-refractivity contribution in [3.8, 4) is 11.5 Å². The van der Waals surface area contributed by atoms with E-state index in [0.717, 1.165) is 30.6 Å². The lowest BCUT2D eigenvalue weighted by Gasteiger charge is -2.35. The van der Waals surface area contributed by atoms with Crippen LogP contribution in [-0.4, -0.2) is 50.2 Å². The summed E-state index contributed by atoms with van der Waals surface area (Å²) in [5.41, 5.74) is 0. The van der Waals surface area contributed by atoms with Crippen molar-refractivity contribution >= 4 is 5.91 Å². The molecule has 1 aliphatic heterocycles. The molecule has 3 atom stereocenters. The summed E-state index contributed by atoms with van der Waals surface area (Å²) in [7, 11) is 1.62. The molecule has 0 radical (unpaired) electrons. The van der Waals surface area contributed by atoms with Crippen LogP contribution in [0.25, 0.3) is 0 Å². The topological polar surface area (TPSA) is 50.8 Å². The zero-order valence-corrected chi connectivity index (χ0v) is 16.7. The van der Waals surface area contributed by atoms with E-state index in [9.17, 15) is 4.79 Å². The van der Waals surface area contributed by atoms with Gasteiger partial charge in [0.05, 0.1) is 7.11 Å². The molecule has 1 aromatic carbocycles. The number of hydrogen-bond acceptors (Lipinski definition) is 4. The molecule has 0 aliphatic carbocycles. The number of benzene rings is 1. The molecule has 5 nitrogen and oxygen atoms in total. The molecule has 2 rings (SSSR count). The van der Waals surface area contributed by atoms with Crippen LogP contribution in [0, 0.1) is 11.8 Å². The van der Waals surface area contributed by atoms with Gasteiger partial charge in [-0.2, -0.15) is 0 Å². The van der Waals surface area contributed by atoms with Crippen LogP contribution in [0.15, 0.2) is 24.3 Å². The van der Waals surface area contributed by atoms with E-state index in [2.05, 4.69) is 24.1 Å². The van der Waals surface area contributed by atoms with Crippen LogP contribution in [0.4, 0.5) is 0 Å². The van der Waals surface area contributed by atoms with Crippen LogP contribution in [-0.2, 0) is 4.79 Å². The lowest BCUT2D eigenvalue weighted by molar-refractivity contribution is -0.128. The van der Waals surface area contributed by atoms with Gasteiger partial charge < -0.3 is 19.7 Å². The van der Waals surface area contributed by atoms with Gasteiger partial charge >= 0.3 is 0 Å². The van der Waals surface area contributed by atoms with E-state index in [1.807, 2.05) is 25.1 Å². The smallest absolute Gasteiger partial charge is 0.261 e. The molecule has 26 heavy (non-hydrogen) atoms. The van der Waals surface area contributed by atoms with Crippen molar-refractivity contribution < 1.29 is 14.3 Å². The summed E-state index contributed by atoms with van der Waals surface area (Å²) in [6.07, 6.45) is 2.45. The highest BCUT2D eigenvalue weighted by Crippen LogP contribution is 2.21. The highest BCUT2D eigenvalue weighted by molar-refractivity contribution is 5.81. The molecular formula is C21H34N2O3. The summed E-state index contributed by atoms with van der Waals surface area (Å²) >= 11 is 0. The number of carbonyl (C=O) groups is 1. The number of methoxy groups -OCH3 is 1. The van der Waals surface area contributed by atoms with Gasteiger partial charge in [-0.15, -0.1) is 0 Å². The fourth-order valence-corrected chi connectivity index (χ4v) is 3.76. The molecule has 1 aromatic rings. The molecule has 0 spiro atoms. The Bertz CT molecular complexity index is 554. The van der Waals surface area contributed by atoms with Crippen LogP contribution in [0.3, 0.4) is 0 Å². The second kappa shape index (κ2) is 10.4. The van der Waals surface area contributed by atoms with Crippen molar-refractivity contribution in [2.45, 2.75) is 46.1 Å². The van der Waals surface area contributed by atoms with Gasteiger partial charge in [-0.05, 0) is 49.8 Å². The van der Waals surface area contributed by atoms with Crippen molar-refractivity contribution in [3.63, 3.8) is 0 Å². The van der Waals surface area contributed by atoms with Crippen molar-refractivity contribution in [3.05, 3.63) is 24.3 Å². The first-order valence-electron chi connectivity index (χ1n) is 9.82. The maximum Gasteiger partial charge on any atom is 0.261 e. The molecule has 1 amide bonds. The zero-order valence-electron chi connectivity index (χ0n) is 16.7. The van der Waals surface area contributed by atoms with E-state index in [4.69, 9.17) is 9.47 Å². The van der Waals surface area contributed by atoms with Crippen LogP contribution >= 0.6 is 0 Å². The zero-order chi connectivity index (χ0) is 18.9. The molecule has 146 valence electrons. The van der Waals surface area contributed by atoms with E-state index in [1.165, 1.54) is 19.5 Å². The number of amides is 1. The summed E-state index contributed by atoms with van der Waals surface area (Å²) in [5.74, 6) is 2.88. The summed E-state index contributed by atoms with van der Waals surface area (Å²) in [6, 6.07) is 7.36. The average Bonchev–Trinajstić information content (AvgIpc) is 2.62. The number of hydrogen-bond donors (Lipinski definition) is 1. The fraction of sp³-hybridized carbons (Fsp3) is 0.667. The SMILES string of the molecule is CC[C@H](Oc1cccc(OC)c1)C(=O)NCCCN1C[C@H](C)C[C@H](C)C1. The van der Waals surface area contributed by atoms with Gasteiger partial charge in [0.15, 0.2) is 6.10 Å². The molecule has 1 aliphatic rings. The third-order valence-electron chi connectivity index (χ3n) is 4.88. The van der Waals surface area contributed by atoms with Crippen LogP contribution in [0.2, 0.25) is 0 Å².